The molecule has 11 heteroatoms. The number of benzene rings is 1. The Morgan fingerprint density at radius 3 is 2.52 bits per heavy atom. The molecule has 5 aliphatic rings. The van der Waals surface area contributed by atoms with Gasteiger partial charge in [-0.1, -0.05) is 18.2 Å². The lowest BCUT2D eigenvalue weighted by Crippen LogP contribution is -2.63. The predicted molar refractivity (Wildman–Crippen MR) is 181 cm³/mol. The van der Waals surface area contributed by atoms with Crippen LogP contribution in [0.4, 0.5) is 5.82 Å². The maximum atomic E-state index is 12.1. The monoisotopic (exact) mass is 646 g/mol. The van der Waals surface area contributed by atoms with E-state index in [1.807, 2.05) is 23.2 Å². The molecule has 5 fully saturated rings. The highest BCUT2D eigenvalue weighted by atomic mass is 35.5. The van der Waals surface area contributed by atoms with Crippen LogP contribution >= 0.6 is 11.6 Å². The molecule has 0 unspecified atom stereocenters. The fraction of sp³-hybridized carbons (Fsp3) is 0.629. The fourth-order valence-corrected chi connectivity index (χ4v) is 9.46. The van der Waals surface area contributed by atoms with Crippen molar-refractivity contribution in [3.8, 4) is 11.1 Å². The number of hydrogen-bond acceptors (Lipinski definition) is 7. The van der Waals surface area contributed by atoms with E-state index < -0.39 is 0 Å². The summed E-state index contributed by atoms with van der Waals surface area (Å²) >= 11 is 7.04. The Morgan fingerprint density at radius 2 is 1.85 bits per heavy atom. The molecule has 1 spiro atoms. The van der Waals surface area contributed by atoms with Gasteiger partial charge in [0.15, 0.2) is 5.82 Å². The van der Waals surface area contributed by atoms with E-state index in [4.69, 9.17) is 21.4 Å². The van der Waals surface area contributed by atoms with E-state index in [1.165, 1.54) is 12.6 Å². The second-order valence-corrected chi connectivity index (χ2v) is 15.7. The number of fused-ring (bicyclic) bond motifs is 1. The third-order valence-corrected chi connectivity index (χ3v) is 12.1. The Kier molecular flexibility index (Phi) is 7.51. The Balaban J connectivity index is 1.05. The van der Waals surface area contributed by atoms with Crippen molar-refractivity contribution in [1.82, 2.24) is 34.7 Å². The molecule has 10 nitrogen and oxygen atoms in total. The Bertz CT molecular complexity index is 1640. The highest BCUT2D eigenvalue weighted by Gasteiger charge is 2.54. The number of amides is 1. The SMILES string of the molecule is C=CC(=O)N1CC2(CC(n3nc(N4CC[C@@H](CN5CCN(C6COC6)CC5)CC4(C)C)c(-c4c(Cl)ccc5[nH]ncc45)c3C)C2)C1. The van der Waals surface area contributed by atoms with E-state index >= 15 is 0 Å². The van der Waals surface area contributed by atoms with Crippen LogP contribution in [0.3, 0.4) is 0 Å². The van der Waals surface area contributed by atoms with Gasteiger partial charge < -0.3 is 19.4 Å². The van der Waals surface area contributed by atoms with E-state index in [-0.39, 0.29) is 16.9 Å². The maximum Gasteiger partial charge on any atom is 0.245 e. The zero-order valence-electron chi connectivity index (χ0n) is 27.5. The number of aromatic amines is 1. The molecule has 1 aliphatic carbocycles. The largest absolute Gasteiger partial charge is 0.378 e. The average Bonchev–Trinajstić information content (AvgIpc) is 3.56. The first-order valence-corrected chi connectivity index (χ1v) is 17.5. The molecule has 4 saturated heterocycles. The molecule has 3 aromatic rings. The van der Waals surface area contributed by atoms with Crippen molar-refractivity contribution in [1.29, 1.82) is 0 Å². The molecular weight excluding hydrogens is 600 g/mol. The Hall–Kier alpha value is -2.92. The highest BCUT2D eigenvalue weighted by Crippen LogP contribution is 2.56. The molecule has 46 heavy (non-hydrogen) atoms. The van der Waals surface area contributed by atoms with E-state index in [0.29, 0.717) is 18.0 Å². The minimum Gasteiger partial charge on any atom is -0.378 e. The van der Waals surface area contributed by atoms with Crippen LogP contribution < -0.4 is 4.90 Å². The van der Waals surface area contributed by atoms with Crippen LogP contribution in [0.1, 0.15) is 51.3 Å². The fourth-order valence-electron chi connectivity index (χ4n) is 9.20. The second-order valence-electron chi connectivity index (χ2n) is 15.3. The summed E-state index contributed by atoms with van der Waals surface area (Å²) in [5.74, 6) is 1.73. The zero-order chi connectivity index (χ0) is 31.8. The van der Waals surface area contributed by atoms with Crippen molar-refractivity contribution in [2.45, 2.75) is 64.1 Å². The minimum absolute atomic E-state index is 0.0356. The van der Waals surface area contributed by atoms with Crippen LogP contribution in [0.25, 0.3) is 22.0 Å². The smallest absolute Gasteiger partial charge is 0.245 e. The molecule has 6 heterocycles. The summed E-state index contributed by atoms with van der Waals surface area (Å²) in [5, 5.41) is 14.7. The van der Waals surface area contributed by atoms with Crippen LogP contribution in [-0.2, 0) is 9.53 Å². The van der Waals surface area contributed by atoms with Gasteiger partial charge in [-0.25, -0.2) is 0 Å². The van der Waals surface area contributed by atoms with Crippen LogP contribution in [0.2, 0.25) is 5.02 Å². The first-order chi connectivity index (χ1) is 22.1. The molecule has 1 aromatic carbocycles. The normalized spacial score (nSPS) is 25.4. The van der Waals surface area contributed by atoms with Gasteiger partial charge in [0.1, 0.15) is 0 Å². The van der Waals surface area contributed by atoms with Crippen molar-refractivity contribution >= 4 is 34.2 Å². The molecule has 4 aliphatic heterocycles. The van der Waals surface area contributed by atoms with Crippen molar-refractivity contribution in [2.75, 3.05) is 70.5 Å². The van der Waals surface area contributed by atoms with Crippen LogP contribution in [0.15, 0.2) is 31.0 Å². The summed E-state index contributed by atoms with van der Waals surface area (Å²) in [5.41, 5.74) is 4.41. The third kappa shape index (κ3) is 5.07. The average molecular weight is 647 g/mol. The molecule has 246 valence electrons. The van der Waals surface area contributed by atoms with Gasteiger partial charge in [-0.15, -0.1) is 0 Å². The summed E-state index contributed by atoms with van der Waals surface area (Å²) in [6.45, 7) is 20.8. The topological polar surface area (TPSA) is 85.8 Å². The number of carbonyl (C=O) groups excluding carboxylic acids is 1. The number of carbonyl (C=O) groups is 1. The Morgan fingerprint density at radius 1 is 1.09 bits per heavy atom. The molecule has 1 saturated carbocycles. The van der Waals surface area contributed by atoms with E-state index in [9.17, 15) is 4.79 Å². The third-order valence-electron chi connectivity index (χ3n) is 11.8. The summed E-state index contributed by atoms with van der Waals surface area (Å²) in [6.07, 6.45) is 7.66. The summed E-state index contributed by atoms with van der Waals surface area (Å²) in [7, 11) is 0. The van der Waals surface area contributed by atoms with Gasteiger partial charge in [0, 0.05) is 90.5 Å². The van der Waals surface area contributed by atoms with Crippen molar-refractivity contribution < 1.29 is 9.53 Å². The number of aromatic nitrogens is 4. The van der Waals surface area contributed by atoms with Crippen LogP contribution in [0, 0.1) is 18.3 Å². The number of ether oxygens (including phenoxy) is 1. The number of hydrogen-bond donors (Lipinski definition) is 1. The number of rotatable bonds is 7. The van der Waals surface area contributed by atoms with E-state index in [0.717, 1.165) is 123 Å². The second kappa shape index (κ2) is 11.4. The van der Waals surface area contributed by atoms with Crippen molar-refractivity contribution in [3.63, 3.8) is 0 Å². The van der Waals surface area contributed by atoms with Gasteiger partial charge >= 0.3 is 0 Å². The minimum atomic E-state index is -0.0640. The molecule has 1 amide bonds. The van der Waals surface area contributed by atoms with Crippen molar-refractivity contribution in [2.24, 2.45) is 11.3 Å². The zero-order valence-corrected chi connectivity index (χ0v) is 28.2. The molecule has 8 rings (SSSR count). The summed E-state index contributed by atoms with van der Waals surface area (Å²) in [6, 6.07) is 4.93. The van der Waals surface area contributed by atoms with Crippen molar-refractivity contribution in [3.05, 3.63) is 41.7 Å². The van der Waals surface area contributed by atoms with Gasteiger partial charge in [0.05, 0.1) is 37.0 Å². The van der Waals surface area contributed by atoms with Gasteiger partial charge in [-0.3, -0.25) is 19.5 Å². The Labute approximate surface area is 276 Å². The molecule has 0 radical (unpaired) electrons. The molecule has 1 N–H and O–H groups in total. The van der Waals surface area contributed by atoms with E-state index in [2.05, 4.69) is 56.9 Å². The van der Waals surface area contributed by atoms with Gasteiger partial charge in [0.2, 0.25) is 5.91 Å². The standard InChI is InChI=1S/C35H47ClN8O2/c1-5-30(45)42-21-35(22-42)15-25(16-35)44-23(2)31(32-27-17-37-38-29(27)7-6-28(32)36)33(39-44)43-9-8-24(14-34(43,3)4)18-40-10-12-41(13-11-40)26-19-46-20-26/h5-7,17,24-26H,1,8-16,18-22H2,2-4H3,(H,37,38)/t24-/m1/s1. The van der Waals surface area contributed by atoms with E-state index in [1.54, 1.807) is 0 Å². The number of piperidine rings is 1. The molecule has 0 bridgehead atoms. The quantitative estimate of drug-likeness (QED) is 0.371. The lowest BCUT2D eigenvalue weighted by atomic mass is 9.60. The van der Waals surface area contributed by atoms with Gasteiger partial charge in [-0.2, -0.15) is 10.2 Å². The lowest BCUT2D eigenvalue weighted by molar-refractivity contribution is -0.149. The summed E-state index contributed by atoms with van der Waals surface area (Å²) < 4.78 is 7.71. The molecule has 2 aromatic heterocycles. The van der Waals surface area contributed by atoms with Gasteiger partial charge in [-0.05, 0) is 70.6 Å². The summed E-state index contributed by atoms with van der Waals surface area (Å²) in [4.78, 5) is 21.9. The lowest BCUT2D eigenvalue weighted by Gasteiger charge is -2.58. The number of likely N-dealkylation sites (tertiary alicyclic amines) is 1. The van der Waals surface area contributed by atoms with Crippen LogP contribution in [0.5, 0.6) is 0 Å². The highest BCUT2D eigenvalue weighted by molar-refractivity contribution is 6.35. The maximum absolute atomic E-state index is 12.1. The number of piperazine rings is 1. The van der Waals surface area contributed by atoms with Crippen LogP contribution in [-0.4, -0.2) is 118 Å². The predicted octanol–water partition coefficient (Wildman–Crippen LogP) is 4.75. The number of anilines is 1. The number of nitrogens with zero attached hydrogens (tertiary/aromatic N) is 7. The first kappa shape index (κ1) is 30.4. The number of H-pyrrole nitrogens is 1. The molecular formula is C35H47ClN8O2. The molecule has 1 atom stereocenters. The number of nitrogens with one attached hydrogen (secondary N) is 1. The first-order valence-electron chi connectivity index (χ1n) is 17.1. The van der Waals surface area contributed by atoms with Gasteiger partial charge in [0.25, 0.3) is 0 Å². The number of halogens is 1.